The van der Waals surface area contributed by atoms with Gasteiger partial charge in [0.25, 0.3) is 0 Å². The minimum Gasteiger partial charge on any atom is -0.309 e. The van der Waals surface area contributed by atoms with Crippen molar-refractivity contribution in [1.82, 2.24) is 4.98 Å². The fourth-order valence-corrected chi connectivity index (χ4v) is 2.32. The van der Waals surface area contributed by atoms with Crippen LogP contribution < -0.4 is 4.90 Å². The van der Waals surface area contributed by atoms with E-state index in [0.717, 1.165) is 16.9 Å². The molecule has 1 aliphatic rings. The zero-order chi connectivity index (χ0) is 11.0. The van der Waals surface area contributed by atoms with Crippen molar-refractivity contribution in [3.63, 3.8) is 0 Å². The molecule has 1 aliphatic heterocycles. The highest BCUT2D eigenvalue weighted by atomic mass is 32.1. The molecular formula is C11H14N2OS. The second-order valence-corrected chi connectivity index (χ2v) is 4.65. The summed E-state index contributed by atoms with van der Waals surface area (Å²) in [6.07, 6.45) is 2.30. The van der Waals surface area contributed by atoms with Crippen molar-refractivity contribution < 1.29 is 4.79 Å². The molecule has 2 rings (SSSR count). The van der Waals surface area contributed by atoms with Crippen molar-refractivity contribution in [2.45, 2.75) is 25.5 Å². The number of thiol groups is 1. The highest BCUT2D eigenvalue weighted by molar-refractivity contribution is 7.81. The Bertz CT molecular complexity index is 385. The Labute approximate surface area is 94.9 Å². The fourth-order valence-electron chi connectivity index (χ4n) is 2.00. The summed E-state index contributed by atoms with van der Waals surface area (Å²) in [5, 5.41) is 0.150. The van der Waals surface area contributed by atoms with Gasteiger partial charge < -0.3 is 4.90 Å². The number of anilines is 1. The van der Waals surface area contributed by atoms with Gasteiger partial charge in [0.05, 0.1) is 11.4 Å². The monoisotopic (exact) mass is 222 g/mol. The van der Waals surface area contributed by atoms with Crippen LogP contribution in [0.5, 0.6) is 0 Å². The average molecular weight is 222 g/mol. The third kappa shape index (κ3) is 1.86. The van der Waals surface area contributed by atoms with E-state index in [-0.39, 0.29) is 11.2 Å². The Hall–Kier alpha value is -1.03. The smallest absolute Gasteiger partial charge is 0.228 e. The quantitative estimate of drug-likeness (QED) is 0.734. The van der Waals surface area contributed by atoms with Crippen molar-refractivity contribution in [3.05, 3.63) is 23.5 Å². The molecule has 0 spiro atoms. The second-order valence-electron chi connectivity index (χ2n) is 3.92. The number of hydrogen-bond acceptors (Lipinski definition) is 3. The van der Waals surface area contributed by atoms with Gasteiger partial charge in [-0.1, -0.05) is 0 Å². The summed E-state index contributed by atoms with van der Waals surface area (Å²) in [5.41, 5.74) is 2.96. The number of hydrogen-bond donors (Lipinski definition) is 1. The molecule has 0 aliphatic carbocycles. The van der Waals surface area contributed by atoms with Crippen LogP contribution in [0.25, 0.3) is 0 Å². The predicted octanol–water partition coefficient (Wildman–Crippen LogP) is 1.73. The molecule has 0 aromatic carbocycles. The van der Waals surface area contributed by atoms with Gasteiger partial charge in [0.2, 0.25) is 5.91 Å². The van der Waals surface area contributed by atoms with E-state index in [2.05, 4.69) is 17.6 Å². The predicted molar refractivity (Wildman–Crippen MR) is 63.5 cm³/mol. The normalized spacial score (nSPS) is 21.1. The molecule has 15 heavy (non-hydrogen) atoms. The molecule has 4 heteroatoms. The molecule has 2 heterocycles. The molecule has 80 valence electrons. The van der Waals surface area contributed by atoms with Gasteiger partial charge in [-0.15, -0.1) is 0 Å². The van der Waals surface area contributed by atoms with Gasteiger partial charge in [-0.2, -0.15) is 12.6 Å². The van der Waals surface area contributed by atoms with Gasteiger partial charge in [0.1, 0.15) is 0 Å². The topological polar surface area (TPSA) is 33.2 Å². The molecule has 0 radical (unpaired) electrons. The fraction of sp³-hybridized carbons (Fsp3) is 0.455. The van der Waals surface area contributed by atoms with Crippen LogP contribution in [0.2, 0.25) is 0 Å². The number of aryl methyl sites for hydroxylation is 2. The molecule has 1 aromatic rings. The van der Waals surface area contributed by atoms with Crippen LogP contribution in [-0.4, -0.2) is 22.7 Å². The Balaban J connectivity index is 2.41. The zero-order valence-corrected chi connectivity index (χ0v) is 9.79. The number of carbonyl (C=O) groups excluding carboxylic acids is 1. The van der Waals surface area contributed by atoms with E-state index in [0.29, 0.717) is 13.0 Å². The summed E-state index contributed by atoms with van der Waals surface area (Å²) in [4.78, 5) is 17.8. The van der Waals surface area contributed by atoms with E-state index in [1.807, 2.05) is 19.9 Å². The third-order valence-electron chi connectivity index (χ3n) is 2.68. The maximum absolute atomic E-state index is 11.7. The lowest BCUT2D eigenvalue weighted by Crippen LogP contribution is -2.26. The highest BCUT2D eigenvalue weighted by Crippen LogP contribution is 2.28. The number of nitrogens with zero attached hydrogens (tertiary/aromatic N) is 2. The number of rotatable bonds is 1. The van der Waals surface area contributed by atoms with E-state index < -0.39 is 0 Å². The second kappa shape index (κ2) is 3.85. The van der Waals surface area contributed by atoms with Crippen molar-refractivity contribution in [3.8, 4) is 0 Å². The van der Waals surface area contributed by atoms with Crippen LogP contribution in [0.15, 0.2) is 12.3 Å². The standard InChI is InChI=1S/C11H14N2OS/c1-7-3-4-12-8(2)11(7)13-6-9(15)5-10(13)14/h3-4,9,15H,5-6H2,1-2H3. The molecule has 1 aromatic heterocycles. The molecule has 0 saturated carbocycles. The van der Waals surface area contributed by atoms with E-state index in [1.54, 1.807) is 11.1 Å². The van der Waals surface area contributed by atoms with Crippen molar-refractivity contribution in [2.75, 3.05) is 11.4 Å². The lowest BCUT2D eigenvalue weighted by Gasteiger charge is -2.20. The van der Waals surface area contributed by atoms with E-state index in [4.69, 9.17) is 0 Å². The summed E-state index contributed by atoms with van der Waals surface area (Å²) in [7, 11) is 0. The van der Waals surface area contributed by atoms with Crippen molar-refractivity contribution in [2.24, 2.45) is 0 Å². The minimum atomic E-state index is 0.147. The minimum absolute atomic E-state index is 0.147. The van der Waals surface area contributed by atoms with Gasteiger partial charge >= 0.3 is 0 Å². The number of amides is 1. The Kier molecular flexibility index (Phi) is 2.69. The molecule has 1 amide bonds. The third-order valence-corrected chi connectivity index (χ3v) is 3.03. The van der Waals surface area contributed by atoms with Crippen molar-refractivity contribution >= 4 is 24.2 Å². The zero-order valence-electron chi connectivity index (χ0n) is 8.90. The van der Waals surface area contributed by atoms with Crippen LogP contribution >= 0.6 is 12.6 Å². The molecule has 0 N–H and O–H groups in total. The molecular weight excluding hydrogens is 208 g/mol. The summed E-state index contributed by atoms with van der Waals surface area (Å²) in [6.45, 7) is 4.62. The van der Waals surface area contributed by atoms with Gasteiger partial charge in [0.15, 0.2) is 0 Å². The van der Waals surface area contributed by atoms with Gasteiger partial charge in [-0.3, -0.25) is 9.78 Å². The Morgan fingerprint density at radius 3 is 2.80 bits per heavy atom. The van der Waals surface area contributed by atoms with Crippen LogP contribution in [0.4, 0.5) is 5.69 Å². The molecule has 1 atom stereocenters. The first-order valence-electron chi connectivity index (χ1n) is 5.00. The van der Waals surface area contributed by atoms with E-state index in [9.17, 15) is 4.79 Å². The molecule has 1 unspecified atom stereocenters. The summed E-state index contributed by atoms with van der Waals surface area (Å²) >= 11 is 4.35. The Morgan fingerprint density at radius 1 is 1.53 bits per heavy atom. The van der Waals surface area contributed by atoms with Crippen LogP contribution in [-0.2, 0) is 4.79 Å². The lowest BCUT2D eigenvalue weighted by atomic mass is 10.2. The van der Waals surface area contributed by atoms with Gasteiger partial charge in [-0.05, 0) is 25.5 Å². The maximum atomic E-state index is 11.7. The van der Waals surface area contributed by atoms with Crippen LogP contribution in [0, 0.1) is 13.8 Å². The summed E-state index contributed by atoms with van der Waals surface area (Å²) in [6, 6.07) is 1.93. The van der Waals surface area contributed by atoms with E-state index >= 15 is 0 Å². The number of carbonyl (C=O) groups is 1. The molecule has 1 fully saturated rings. The molecule has 3 nitrogen and oxygen atoms in total. The first kappa shape index (κ1) is 10.5. The first-order chi connectivity index (χ1) is 7.09. The van der Waals surface area contributed by atoms with Gasteiger partial charge in [0, 0.05) is 24.4 Å². The SMILES string of the molecule is Cc1ccnc(C)c1N1CC(S)CC1=O. The van der Waals surface area contributed by atoms with E-state index in [1.165, 1.54) is 0 Å². The maximum Gasteiger partial charge on any atom is 0.228 e. The van der Waals surface area contributed by atoms with Crippen molar-refractivity contribution in [1.29, 1.82) is 0 Å². The number of pyridine rings is 1. The largest absolute Gasteiger partial charge is 0.309 e. The summed E-state index contributed by atoms with van der Waals surface area (Å²) < 4.78 is 0. The van der Waals surface area contributed by atoms with Gasteiger partial charge in [-0.25, -0.2) is 0 Å². The number of aromatic nitrogens is 1. The Morgan fingerprint density at radius 2 is 2.27 bits per heavy atom. The summed E-state index contributed by atoms with van der Waals surface area (Å²) in [5.74, 6) is 0.147. The molecule has 1 saturated heterocycles. The highest BCUT2D eigenvalue weighted by Gasteiger charge is 2.30. The average Bonchev–Trinajstić information content (AvgIpc) is 2.45. The lowest BCUT2D eigenvalue weighted by molar-refractivity contribution is -0.117. The van der Waals surface area contributed by atoms with Crippen LogP contribution in [0.1, 0.15) is 17.7 Å². The molecule has 0 bridgehead atoms. The first-order valence-corrected chi connectivity index (χ1v) is 5.52. The van der Waals surface area contributed by atoms with Crippen LogP contribution in [0.3, 0.4) is 0 Å².